The predicted molar refractivity (Wildman–Crippen MR) is 129 cm³/mol. The fourth-order valence-electron chi connectivity index (χ4n) is 2.00. The maximum Gasteiger partial charge on any atom is 0.337 e. The van der Waals surface area contributed by atoms with Gasteiger partial charge >= 0.3 is 11.9 Å². The molecule has 0 fully saturated rings. The van der Waals surface area contributed by atoms with Gasteiger partial charge in [0, 0.05) is 24.5 Å². The van der Waals surface area contributed by atoms with Crippen LogP contribution in [0.1, 0.15) is 34.6 Å². The standard InChI is InChI=1S/C17H15I3N2O7/c1-6(7(2)23)21-16(26)10-12(18)11(17(27)28)14(20)15(13(10)19)22(4)9(25)5-29-8(3)24/h1,5H2,2-4H3,(H,21,26)(H,27,28). The second-order valence-electron chi connectivity index (χ2n) is 5.57. The van der Waals surface area contributed by atoms with Crippen molar-refractivity contribution in [3.8, 4) is 0 Å². The Kier molecular flexibility index (Phi) is 9.45. The van der Waals surface area contributed by atoms with Gasteiger partial charge in [-0.2, -0.15) is 0 Å². The van der Waals surface area contributed by atoms with Crippen LogP contribution in [0.2, 0.25) is 0 Å². The minimum Gasteiger partial charge on any atom is -0.478 e. The molecule has 156 valence electrons. The molecule has 29 heavy (non-hydrogen) atoms. The highest BCUT2D eigenvalue weighted by atomic mass is 127. The molecule has 0 saturated heterocycles. The molecule has 0 heterocycles. The molecule has 0 saturated carbocycles. The zero-order valence-corrected chi connectivity index (χ0v) is 21.9. The molecule has 0 spiro atoms. The Labute approximate surface area is 207 Å². The largest absolute Gasteiger partial charge is 0.478 e. The van der Waals surface area contributed by atoms with E-state index in [0.717, 1.165) is 11.8 Å². The number of carboxylic acids is 1. The van der Waals surface area contributed by atoms with Crippen LogP contribution < -0.4 is 10.2 Å². The fourth-order valence-corrected chi connectivity index (χ4v) is 6.85. The first-order valence-corrected chi connectivity index (χ1v) is 10.9. The van der Waals surface area contributed by atoms with E-state index < -0.39 is 36.1 Å². The average molecular weight is 740 g/mol. The minimum absolute atomic E-state index is 0.0199. The molecule has 0 aromatic heterocycles. The third kappa shape index (κ3) is 6.09. The Balaban J connectivity index is 3.64. The van der Waals surface area contributed by atoms with Gasteiger partial charge in [-0.15, -0.1) is 0 Å². The van der Waals surface area contributed by atoms with Gasteiger partial charge in [-0.25, -0.2) is 4.79 Å². The second kappa shape index (κ2) is 10.6. The normalized spacial score (nSPS) is 10.1. The number of benzene rings is 1. The average Bonchev–Trinajstić information content (AvgIpc) is 2.58. The summed E-state index contributed by atoms with van der Waals surface area (Å²) in [5.41, 5.74) is -0.182. The van der Waals surface area contributed by atoms with Gasteiger partial charge in [-0.3, -0.25) is 19.2 Å². The van der Waals surface area contributed by atoms with Crippen molar-refractivity contribution in [1.82, 2.24) is 5.32 Å². The lowest BCUT2D eigenvalue weighted by atomic mass is 10.1. The highest BCUT2D eigenvalue weighted by Gasteiger charge is 2.31. The number of carbonyl (C=O) groups is 5. The third-order valence-electron chi connectivity index (χ3n) is 3.53. The Hall–Kier alpha value is -1.30. The zero-order valence-electron chi connectivity index (χ0n) is 15.4. The van der Waals surface area contributed by atoms with E-state index in [1.807, 2.05) is 22.6 Å². The van der Waals surface area contributed by atoms with Gasteiger partial charge in [0.05, 0.1) is 29.7 Å². The Morgan fingerprint density at radius 3 is 2.00 bits per heavy atom. The molecular weight excluding hydrogens is 725 g/mol. The summed E-state index contributed by atoms with van der Waals surface area (Å²) < 4.78 is 5.36. The number of ketones is 1. The fraction of sp³-hybridized carbons (Fsp3) is 0.235. The van der Waals surface area contributed by atoms with Crippen LogP contribution in [0.15, 0.2) is 12.3 Å². The van der Waals surface area contributed by atoms with Gasteiger partial charge in [-0.1, -0.05) is 6.58 Å². The molecule has 1 aromatic carbocycles. The van der Waals surface area contributed by atoms with E-state index in [1.54, 1.807) is 45.2 Å². The number of nitrogens with one attached hydrogen (secondary N) is 1. The number of rotatable bonds is 7. The number of Topliss-reactive ketones (excluding diaryl/α,β-unsaturated/α-hetero) is 1. The first-order valence-electron chi connectivity index (χ1n) is 7.66. The highest BCUT2D eigenvalue weighted by Crippen LogP contribution is 2.37. The van der Waals surface area contributed by atoms with Crippen LogP contribution in [0, 0.1) is 10.7 Å². The van der Waals surface area contributed by atoms with Gasteiger partial charge in [0.1, 0.15) is 0 Å². The Morgan fingerprint density at radius 2 is 1.55 bits per heavy atom. The van der Waals surface area contributed by atoms with Gasteiger partial charge in [0.25, 0.3) is 11.8 Å². The summed E-state index contributed by atoms with van der Waals surface area (Å²) in [6.45, 7) is 5.29. The molecule has 2 N–H and O–H groups in total. The number of carboxylic acid groups (broad SMARTS) is 1. The number of anilines is 1. The number of allylic oxidation sites excluding steroid dienone is 1. The van der Waals surface area contributed by atoms with Crippen LogP contribution in [0.5, 0.6) is 0 Å². The molecule has 0 radical (unpaired) electrons. The van der Waals surface area contributed by atoms with Crippen LogP contribution in [0.25, 0.3) is 0 Å². The number of aromatic carboxylic acids is 1. The van der Waals surface area contributed by atoms with E-state index >= 15 is 0 Å². The van der Waals surface area contributed by atoms with E-state index in [4.69, 9.17) is 4.74 Å². The summed E-state index contributed by atoms with van der Waals surface area (Å²) in [5, 5.41) is 12.0. The number of amides is 2. The van der Waals surface area contributed by atoms with Crippen molar-refractivity contribution < 1.29 is 33.8 Å². The Bertz CT molecular complexity index is 944. The van der Waals surface area contributed by atoms with Gasteiger partial charge in [0.2, 0.25) is 0 Å². The molecule has 0 bridgehead atoms. The number of hydrogen-bond acceptors (Lipinski definition) is 6. The van der Waals surface area contributed by atoms with Crippen molar-refractivity contribution in [2.45, 2.75) is 13.8 Å². The zero-order chi connectivity index (χ0) is 22.6. The summed E-state index contributed by atoms with van der Waals surface area (Å²) in [7, 11) is 1.38. The molecule has 2 amide bonds. The maximum atomic E-state index is 12.7. The molecule has 1 rings (SSSR count). The molecular formula is C17H15I3N2O7. The SMILES string of the molecule is C=C(NC(=O)c1c(I)c(C(=O)O)c(I)c(N(C)C(=O)COC(C)=O)c1I)C(C)=O. The van der Waals surface area contributed by atoms with Crippen molar-refractivity contribution in [3.63, 3.8) is 0 Å². The van der Waals surface area contributed by atoms with Crippen molar-refractivity contribution >= 4 is 103 Å². The van der Waals surface area contributed by atoms with Crippen LogP contribution in [-0.4, -0.2) is 48.3 Å². The highest BCUT2D eigenvalue weighted by molar-refractivity contribution is 14.1. The molecule has 0 unspecified atom stereocenters. The summed E-state index contributed by atoms with van der Waals surface area (Å²) in [4.78, 5) is 60.5. The van der Waals surface area contributed by atoms with Crippen molar-refractivity contribution in [3.05, 3.63) is 34.1 Å². The number of hydrogen-bond donors (Lipinski definition) is 2. The molecule has 9 nitrogen and oxygen atoms in total. The number of ether oxygens (including phenoxy) is 1. The lowest BCUT2D eigenvalue weighted by Crippen LogP contribution is -2.34. The molecule has 0 aliphatic rings. The summed E-state index contributed by atoms with van der Waals surface area (Å²) in [6, 6.07) is 0. The predicted octanol–water partition coefficient (Wildman–Crippen LogP) is 2.56. The van der Waals surface area contributed by atoms with E-state index in [2.05, 4.69) is 11.9 Å². The second-order valence-corrected chi connectivity index (χ2v) is 8.80. The first-order chi connectivity index (χ1) is 13.3. The molecule has 12 heteroatoms. The molecule has 0 aliphatic carbocycles. The van der Waals surface area contributed by atoms with E-state index in [1.165, 1.54) is 14.0 Å². The maximum absolute atomic E-state index is 12.7. The molecule has 0 atom stereocenters. The quantitative estimate of drug-likeness (QED) is 0.250. The topological polar surface area (TPSA) is 130 Å². The molecule has 0 aliphatic heterocycles. The number of esters is 1. The van der Waals surface area contributed by atoms with Crippen molar-refractivity contribution in [2.75, 3.05) is 18.6 Å². The minimum atomic E-state index is -1.29. The summed E-state index contributed by atoms with van der Waals surface area (Å²) >= 11 is 5.33. The van der Waals surface area contributed by atoms with E-state index in [-0.39, 0.29) is 33.2 Å². The van der Waals surface area contributed by atoms with Crippen molar-refractivity contribution in [2.24, 2.45) is 0 Å². The first kappa shape index (κ1) is 25.7. The van der Waals surface area contributed by atoms with Gasteiger partial charge in [0.15, 0.2) is 12.4 Å². The number of nitrogens with zero attached hydrogens (tertiary/aromatic N) is 1. The lowest BCUT2D eigenvalue weighted by Gasteiger charge is -2.24. The van der Waals surface area contributed by atoms with Crippen LogP contribution >= 0.6 is 67.8 Å². The summed E-state index contributed by atoms with van der Waals surface area (Å²) in [5.74, 6) is -3.75. The van der Waals surface area contributed by atoms with E-state index in [9.17, 15) is 29.1 Å². The number of halogens is 3. The van der Waals surface area contributed by atoms with Crippen LogP contribution in [0.4, 0.5) is 5.69 Å². The van der Waals surface area contributed by atoms with Crippen LogP contribution in [0.3, 0.4) is 0 Å². The van der Waals surface area contributed by atoms with Gasteiger partial charge < -0.3 is 20.1 Å². The number of likely N-dealkylation sites (N-methyl/N-ethyl adjacent to an activating group) is 1. The van der Waals surface area contributed by atoms with Crippen LogP contribution in [-0.2, 0) is 19.1 Å². The van der Waals surface area contributed by atoms with Gasteiger partial charge in [-0.05, 0) is 67.8 Å². The number of carbonyl (C=O) groups excluding carboxylic acids is 4. The Morgan fingerprint density at radius 1 is 1.03 bits per heavy atom. The monoisotopic (exact) mass is 740 g/mol. The summed E-state index contributed by atoms with van der Waals surface area (Å²) in [6.07, 6.45) is 0. The lowest BCUT2D eigenvalue weighted by molar-refractivity contribution is -0.145. The smallest absolute Gasteiger partial charge is 0.337 e. The van der Waals surface area contributed by atoms with Crippen molar-refractivity contribution in [1.29, 1.82) is 0 Å². The molecule has 1 aromatic rings. The third-order valence-corrected chi connectivity index (χ3v) is 6.71. The van der Waals surface area contributed by atoms with E-state index in [0.29, 0.717) is 0 Å².